The number of methoxy groups -OCH3 is 1. The van der Waals surface area contributed by atoms with Gasteiger partial charge in [0, 0.05) is 13.2 Å². The number of nitrogens with one attached hydrogen (secondary N) is 1. The SMILES string of the molecule is COCC(Nc1ncnc(N)c1C#Cc1ccc(F)cn1)c1nc2cccc(Cl)c2c(=O)n1-c1cc(F)cc(F)c1. The summed E-state index contributed by atoms with van der Waals surface area (Å²) in [6.45, 7) is -0.0768. The van der Waals surface area contributed by atoms with Crippen LogP contribution in [0.15, 0.2) is 65.8 Å². The Morgan fingerprint density at radius 2 is 1.83 bits per heavy atom. The summed E-state index contributed by atoms with van der Waals surface area (Å²) >= 11 is 6.33. The number of benzene rings is 2. The number of nitrogens with two attached hydrogens (primary N) is 1. The first kappa shape index (κ1) is 27.6. The van der Waals surface area contributed by atoms with Crippen molar-refractivity contribution in [1.29, 1.82) is 0 Å². The summed E-state index contributed by atoms with van der Waals surface area (Å²) in [5, 5.41) is 3.29. The molecule has 206 valence electrons. The van der Waals surface area contributed by atoms with Crippen LogP contribution in [0.5, 0.6) is 0 Å². The molecule has 13 heteroatoms. The summed E-state index contributed by atoms with van der Waals surface area (Å²) in [7, 11) is 1.42. The Morgan fingerprint density at radius 3 is 2.54 bits per heavy atom. The molecule has 0 fully saturated rings. The average molecular weight is 578 g/mol. The molecule has 2 aromatic carbocycles. The van der Waals surface area contributed by atoms with E-state index in [1.165, 1.54) is 31.6 Å². The van der Waals surface area contributed by atoms with E-state index in [2.05, 4.69) is 37.1 Å². The second-order valence-corrected chi connectivity index (χ2v) is 9.03. The van der Waals surface area contributed by atoms with Crippen LogP contribution in [0, 0.1) is 29.3 Å². The van der Waals surface area contributed by atoms with E-state index in [1.807, 2.05) is 0 Å². The standard InChI is InChI=1S/C28H19ClF3N7O2/c1-41-13-23(37-26-20(25(33)35-14-36-26)8-7-18-6-5-15(30)12-34-18)27-38-22-4-2-3-21(29)24(22)28(40)39(27)19-10-16(31)9-17(32)11-19/h2-6,9-12,14,23H,13H2,1H3,(H3,33,35,36,37). The van der Waals surface area contributed by atoms with E-state index in [-0.39, 0.29) is 56.9 Å². The Balaban J connectivity index is 1.69. The molecule has 3 aromatic heterocycles. The molecule has 1 unspecified atom stereocenters. The Labute approximate surface area is 235 Å². The van der Waals surface area contributed by atoms with Gasteiger partial charge in [-0.05, 0) is 42.3 Å². The molecule has 5 aromatic rings. The summed E-state index contributed by atoms with van der Waals surface area (Å²) in [5.74, 6) is 3.50. The summed E-state index contributed by atoms with van der Waals surface area (Å²) in [6, 6.07) is 9.07. The van der Waals surface area contributed by atoms with Gasteiger partial charge < -0.3 is 15.8 Å². The van der Waals surface area contributed by atoms with Gasteiger partial charge in [0.05, 0.1) is 34.4 Å². The lowest BCUT2D eigenvalue weighted by Crippen LogP contribution is -2.31. The molecule has 3 heterocycles. The van der Waals surface area contributed by atoms with Crippen molar-refractivity contribution in [2.24, 2.45) is 0 Å². The van der Waals surface area contributed by atoms with Gasteiger partial charge in [0.15, 0.2) is 0 Å². The van der Waals surface area contributed by atoms with Crippen molar-refractivity contribution < 1.29 is 17.9 Å². The number of nitrogens with zero attached hydrogens (tertiary/aromatic N) is 5. The van der Waals surface area contributed by atoms with E-state index in [1.54, 1.807) is 12.1 Å². The molecule has 0 spiro atoms. The van der Waals surface area contributed by atoms with Gasteiger partial charge in [-0.25, -0.2) is 33.1 Å². The van der Waals surface area contributed by atoms with E-state index >= 15 is 0 Å². The zero-order valence-electron chi connectivity index (χ0n) is 21.2. The predicted octanol–water partition coefficient (Wildman–Crippen LogP) is 4.42. The first-order chi connectivity index (χ1) is 19.7. The first-order valence-electron chi connectivity index (χ1n) is 11.9. The van der Waals surface area contributed by atoms with Crippen LogP contribution in [0.2, 0.25) is 5.02 Å². The molecule has 0 saturated carbocycles. The number of ether oxygens (including phenoxy) is 1. The van der Waals surface area contributed by atoms with Crippen molar-refractivity contribution in [3.63, 3.8) is 0 Å². The molecule has 9 nitrogen and oxygen atoms in total. The minimum Gasteiger partial charge on any atom is -0.382 e. The number of pyridine rings is 1. The maximum atomic E-state index is 14.3. The van der Waals surface area contributed by atoms with Crippen LogP contribution in [0.25, 0.3) is 16.6 Å². The topological polar surface area (TPSA) is 121 Å². The fourth-order valence-electron chi connectivity index (χ4n) is 4.08. The van der Waals surface area contributed by atoms with Crippen LogP contribution in [0.1, 0.15) is 23.1 Å². The molecule has 0 bridgehead atoms. The van der Waals surface area contributed by atoms with Crippen molar-refractivity contribution >= 4 is 34.1 Å². The molecular weight excluding hydrogens is 559 g/mol. The monoisotopic (exact) mass is 577 g/mol. The van der Waals surface area contributed by atoms with Crippen LogP contribution in [0.3, 0.4) is 0 Å². The highest BCUT2D eigenvalue weighted by molar-refractivity contribution is 6.35. The third kappa shape index (κ3) is 5.81. The first-order valence-corrected chi connectivity index (χ1v) is 12.3. The van der Waals surface area contributed by atoms with Crippen molar-refractivity contribution in [2.45, 2.75) is 6.04 Å². The smallest absolute Gasteiger partial charge is 0.267 e. The predicted molar refractivity (Wildman–Crippen MR) is 147 cm³/mol. The van der Waals surface area contributed by atoms with Gasteiger partial charge in [0.25, 0.3) is 5.56 Å². The summed E-state index contributed by atoms with van der Waals surface area (Å²) in [6.07, 6.45) is 2.22. The van der Waals surface area contributed by atoms with Crippen molar-refractivity contribution in [3.05, 3.63) is 111 Å². The zero-order chi connectivity index (χ0) is 29.1. The highest BCUT2D eigenvalue weighted by Gasteiger charge is 2.24. The van der Waals surface area contributed by atoms with Gasteiger partial charge in [-0.3, -0.25) is 9.36 Å². The number of hydrogen-bond donors (Lipinski definition) is 2. The highest BCUT2D eigenvalue weighted by Crippen LogP contribution is 2.27. The number of nitrogen functional groups attached to an aromatic ring is 1. The van der Waals surface area contributed by atoms with E-state index in [0.29, 0.717) is 6.07 Å². The Bertz CT molecular complexity index is 1870. The molecule has 0 amide bonds. The van der Waals surface area contributed by atoms with Crippen LogP contribution in [-0.4, -0.2) is 38.2 Å². The fourth-order valence-corrected chi connectivity index (χ4v) is 4.33. The van der Waals surface area contributed by atoms with Gasteiger partial charge in [-0.1, -0.05) is 23.6 Å². The molecule has 0 aliphatic carbocycles. The third-order valence-corrected chi connectivity index (χ3v) is 6.17. The second kappa shape index (κ2) is 11.6. The number of halogens is 4. The maximum absolute atomic E-state index is 14.3. The van der Waals surface area contributed by atoms with Gasteiger partial charge in [-0.15, -0.1) is 0 Å². The minimum absolute atomic E-state index is 0.0242. The third-order valence-electron chi connectivity index (χ3n) is 5.85. The summed E-state index contributed by atoms with van der Waals surface area (Å²) < 4.78 is 48.3. The maximum Gasteiger partial charge on any atom is 0.267 e. The Kier molecular flexibility index (Phi) is 7.82. The van der Waals surface area contributed by atoms with Crippen LogP contribution in [-0.2, 0) is 4.74 Å². The molecule has 41 heavy (non-hydrogen) atoms. The molecule has 0 radical (unpaired) electrons. The molecular formula is C28H19ClF3N7O2. The molecule has 0 aliphatic rings. The molecule has 0 saturated heterocycles. The van der Waals surface area contributed by atoms with Crippen molar-refractivity contribution in [1.82, 2.24) is 24.5 Å². The highest BCUT2D eigenvalue weighted by atomic mass is 35.5. The number of anilines is 2. The second-order valence-electron chi connectivity index (χ2n) is 8.62. The van der Waals surface area contributed by atoms with Gasteiger partial charge >= 0.3 is 0 Å². The number of rotatable bonds is 6. The van der Waals surface area contributed by atoms with Gasteiger partial charge in [0.1, 0.15) is 58.5 Å². The summed E-state index contributed by atoms with van der Waals surface area (Å²) in [4.78, 5) is 30.6. The zero-order valence-corrected chi connectivity index (χ0v) is 22.0. The number of aromatic nitrogens is 5. The molecule has 3 N–H and O–H groups in total. The normalized spacial score (nSPS) is 11.6. The minimum atomic E-state index is -0.929. The van der Waals surface area contributed by atoms with Crippen LogP contribution >= 0.6 is 11.6 Å². The van der Waals surface area contributed by atoms with Crippen molar-refractivity contribution in [3.8, 4) is 17.5 Å². The van der Waals surface area contributed by atoms with Crippen LogP contribution < -0.4 is 16.6 Å². The van der Waals surface area contributed by atoms with E-state index < -0.39 is 29.1 Å². The van der Waals surface area contributed by atoms with E-state index in [4.69, 9.17) is 22.1 Å². The van der Waals surface area contributed by atoms with Gasteiger partial charge in [0.2, 0.25) is 0 Å². The lowest BCUT2D eigenvalue weighted by Gasteiger charge is -2.23. The lowest BCUT2D eigenvalue weighted by atomic mass is 10.1. The quantitative estimate of drug-likeness (QED) is 0.285. The number of fused-ring (bicyclic) bond motifs is 1. The Hall–Kier alpha value is -4.99. The Morgan fingerprint density at radius 1 is 1.05 bits per heavy atom. The van der Waals surface area contributed by atoms with E-state index in [9.17, 15) is 18.0 Å². The van der Waals surface area contributed by atoms with Crippen molar-refractivity contribution in [2.75, 3.05) is 24.8 Å². The molecule has 0 aliphatic heterocycles. The van der Waals surface area contributed by atoms with E-state index in [0.717, 1.165) is 22.9 Å². The van der Waals surface area contributed by atoms with Crippen LogP contribution in [0.4, 0.5) is 24.8 Å². The molecule has 1 atom stereocenters. The average Bonchev–Trinajstić information content (AvgIpc) is 2.92. The van der Waals surface area contributed by atoms with Gasteiger partial charge in [-0.2, -0.15) is 0 Å². The molecule has 5 rings (SSSR count). The fraction of sp³-hybridized carbons (Fsp3) is 0.107. The lowest BCUT2D eigenvalue weighted by molar-refractivity contribution is 0.183. The summed E-state index contributed by atoms with van der Waals surface area (Å²) in [5.41, 5.74) is 6.00. The number of hydrogen-bond acceptors (Lipinski definition) is 8. The largest absolute Gasteiger partial charge is 0.382 e.